The minimum absolute atomic E-state index is 0.0806. The molecule has 1 N–H and O–H groups in total. The molecule has 1 atom stereocenters. The molecular formula is C9H12ClN3O. The van der Waals surface area contributed by atoms with Crippen LogP contribution in [0.3, 0.4) is 0 Å². The molecule has 1 fully saturated rings. The molecule has 0 amide bonds. The maximum absolute atomic E-state index is 11.4. The highest BCUT2D eigenvalue weighted by Gasteiger charge is 2.25. The number of rotatable bonds is 2. The summed E-state index contributed by atoms with van der Waals surface area (Å²) in [4.78, 5) is 11.4. The van der Waals surface area contributed by atoms with Gasteiger partial charge in [-0.1, -0.05) is 11.6 Å². The standard InChI is InChI=1S/C9H12ClN3O/c1-13-8(6(10)5-12-13)4-7-9(14)2-3-11-7/h5,7,11H,2-4H2,1H3. The first kappa shape index (κ1) is 9.68. The number of hydrogen-bond donors (Lipinski definition) is 1. The Balaban J connectivity index is 2.14. The number of hydrogen-bond acceptors (Lipinski definition) is 3. The zero-order valence-electron chi connectivity index (χ0n) is 7.96. The van der Waals surface area contributed by atoms with Crippen molar-refractivity contribution in [2.75, 3.05) is 6.54 Å². The molecule has 1 aromatic rings. The monoisotopic (exact) mass is 213 g/mol. The molecule has 5 heteroatoms. The summed E-state index contributed by atoms with van der Waals surface area (Å²) in [5.41, 5.74) is 0.916. The van der Waals surface area contributed by atoms with Crippen LogP contribution >= 0.6 is 11.6 Å². The summed E-state index contributed by atoms with van der Waals surface area (Å²) in [6.07, 6.45) is 2.87. The lowest BCUT2D eigenvalue weighted by atomic mass is 10.1. The van der Waals surface area contributed by atoms with Crippen molar-refractivity contribution in [3.8, 4) is 0 Å². The molecule has 0 spiro atoms. The molecule has 1 aliphatic rings. The number of halogens is 1. The van der Waals surface area contributed by atoms with Crippen molar-refractivity contribution < 1.29 is 4.79 Å². The Morgan fingerprint density at radius 2 is 2.57 bits per heavy atom. The van der Waals surface area contributed by atoms with Gasteiger partial charge in [-0.25, -0.2) is 0 Å². The van der Waals surface area contributed by atoms with Crippen molar-refractivity contribution in [1.82, 2.24) is 15.1 Å². The Morgan fingerprint density at radius 1 is 1.79 bits per heavy atom. The molecule has 1 aliphatic heterocycles. The van der Waals surface area contributed by atoms with E-state index in [2.05, 4.69) is 10.4 Å². The molecule has 1 saturated heterocycles. The predicted molar refractivity (Wildman–Crippen MR) is 53.3 cm³/mol. The smallest absolute Gasteiger partial charge is 0.151 e. The zero-order chi connectivity index (χ0) is 10.1. The van der Waals surface area contributed by atoms with Gasteiger partial charge in [0, 0.05) is 26.4 Å². The highest BCUT2D eigenvalue weighted by atomic mass is 35.5. The molecule has 76 valence electrons. The predicted octanol–water partition coefficient (Wildman–Crippen LogP) is 0.547. The van der Waals surface area contributed by atoms with Crippen molar-refractivity contribution in [1.29, 1.82) is 0 Å². The van der Waals surface area contributed by atoms with Gasteiger partial charge >= 0.3 is 0 Å². The summed E-state index contributed by atoms with van der Waals surface area (Å²) < 4.78 is 1.72. The lowest BCUT2D eigenvalue weighted by Crippen LogP contribution is -2.30. The Morgan fingerprint density at radius 3 is 3.07 bits per heavy atom. The molecular weight excluding hydrogens is 202 g/mol. The van der Waals surface area contributed by atoms with Gasteiger partial charge in [-0.2, -0.15) is 5.10 Å². The molecule has 0 aliphatic carbocycles. The first-order valence-corrected chi connectivity index (χ1v) is 4.99. The molecule has 2 rings (SSSR count). The molecule has 4 nitrogen and oxygen atoms in total. The van der Waals surface area contributed by atoms with Crippen LogP contribution < -0.4 is 5.32 Å². The van der Waals surface area contributed by atoms with E-state index in [9.17, 15) is 4.79 Å². The quantitative estimate of drug-likeness (QED) is 0.781. The fraction of sp³-hybridized carbons (Fsp3) is 0.556. The third-order valence-corrected chi connectivity index (χ3v) is 2.87. The highest BCUT2D eigenvalue weighted by molar-refractivity contribution is 6.31. The largest absolute Gasteiger partial charge is 0.307 e. The average molecular weight is 214 g/mol. The van der Waals surface area contributed by atoms with E-state index >= 15 is 0 Å². The summed E-state index contributed by atoms with van der Waals surface area (Å²) in [5, 5.41) is 7.81. The number of carbonyl (C=O) groups excluding carboxylic acids is 1. The van der Waals surface area contributed by atoms with Crippen molar-refractivity contribution >= 4 is 17.4 Å². The first-order valence-electron chi connectivity index (χ1n) is 4.61. The van der Waals surface area contributed by atoms with Crippen LogP contribution in [0.5, 0.6) is 0 Å². The lowest BCUT2D eigenvalue weighted by molar-refractivity contribution is -0.118. The van der Waals surface area contributed by atoms with E-state index in [0.29, 0.717) is 17.9 Å². The summed E-state index contributed by atoms with van der Waals surface area (Å²) in [5.74, 6) is 0.266. The van der Waals surface area contributed by atoms with E-state index in [4.69, 9.17) is 11.6 Å². The summed E-state index contributed by atoms with van der Waals surface area (Å²) in [6, 6.07) is -0.0806. The molecule has 0 saturated carbocycles. The maximum atomic E-state index is 11.4. The van der Waals surface area contributed by atoms with Gasteiger partial charge in [0.2, 0.25) is 0 Å². The molecule has 0 bridgehead atoms. The second kappa shape index (κ2) is 3.71. The van der Waals surface area contributed by atoms with E-state index in [-0.39, 0.29) is 11.8 Å². The van der Waals surface area contributed by atoms with E-state index in [1.54, 1.807) is 10.9 Å². The van der Waals surface area contributed by atoms with Crippen molar-refractivity contribution in [2.24, 2.45) is 7.05 Å². The second-order valence-corrected chi connectivity index (χ2v) is 3.90. The number of aryl methyl sites for hydroxylation is 1. The SMILES string of the molecule is Cn1ncc(Cl)c1CC1NCCC1=O. The summed E-state index contributed by atoms with van der Waals surface area (Å²) >= 11 is 5.95. The van der Waals surface area contributed by atoms with E-state index in [1.807, 2.05) is 7.05 Å². The van der Waals surface area contributed by atoms with Gasteiger partial charge in [-0.15, -0.1) is 0 Å². The summed E-state index contributed by atoms with van der Waals surface area (Å²) in [7, 11) is 1.83. The van der Waals surface area contributed by atoms with Gasteiger partial charge in [0.25, 0.3) is 0 Å². The number of nitrogens with zero attached hydrogens (tertiary/aromatic N) is 2. The van der Waals surface area contributed by atoms with Crippen LogP contribution in [0.25, 0.3) is 0 Å². The van der Waals surface area contributed by atoms with Crippen molar-refractivity contribution in [3.05, 3.63) is 16.9 Å². The van der Waals surface area contributed by atoms with Crippen LogP contribution in [0.1, 0.15) is 12.1 Å². The lowest BCUT2D eigenvalue weighted by Gasteiger charge is -2.09. The molecule has 0 aromatic carbocycles. The van der Waals surface area contributed by atoms with Crippen LogP contribution in [0.4, 0.5) is 0 Å². The Kier molecular flexibility index (Phi) is 2.56. The average Bonchev–Trinajstić information content (AvgIpc) is 2.67. The van der Waals surface area contributed by atoms with Crippen LogP contribution in [-0.4, -0.2) is 28.2 Å². The molecule has 0 radical (unpaired) electrons. The van der Waals surface area contributed by atoms with Gasteiger partial charge in [-0.05, 0) is 0 Å². The second-order valence-electron chi connectivity index (χ2n) is 3.49. The van der Waals surface area contributed by atoms with E-state index in [0.717, 1.165) is 12.2 Å². The third-order valence-electron chi connectivity index (χ3n) is 2.56. The van der Waals surface area contributed by atoms with Crippen LogP contribution in [0.2, 0.25) is 5.02 Å². The molecule has 2 heterocycles. The number of carbonyl (C=O) groups is 1. The Labute approximate surface area is 87.2 Å². The van der Waals surface area contributed by atoms with Crippen molar-refractivity contribution in [3.63, 3.8) is 0 Å². The first-order chi connectivity index (χ1) is 6.68. The third kappa shape index (κ3) is 1.67. The number of ketones is 1. The van der Waals surface area contributed by atoms with Crippen LogP contribution in [0, 0.1) is 0 Å². The van der Waals surface area contributed by atoms with Gasteiger partial charge in [0.15, 0.2) is 5.78 Å². The van der Waals surface area contributed by atoms with Gasteiger partial charge < -0.3 is 5.32 Å². The van der Waals surface area contributed by atoms with E-state index < -0.39 is 0 Å². The zero-order valence-corrected chi connectivity index (χ0v) is 8.71. The van der Waals surface area contributed by atoms with Gasteiger partial charge in [0.05, 0.1) is 23.0 Å². The minimum atomic E-state index is -0.0806. The molecule has 1 unspecified atom stereocenters. The number of nitrogens with one attached hydrogen (secondary N) is 1. The Bertz CT molecular complexity index is 341. The minimum Gasteiger partial charge on any atom is -0.307 e. The topological polar surface area (TPSA) is 46.9 Å². The fourth-order valence-electron chi connectivity index (χ4n) is 1.70. The number of Topliss-reactive ketones (excluding diaryl/α,β-unsaturated/α-hetero) is 1. The molecule has 14 heavy (non-hydrogen) atoms. The normalized spacial score (nSPS) is 21.9. The van der Waals surface area contributed by atoms with Crippen molar-refractivity contribution in [2.45, 2.75) is 18.9 Å². The maximum Gasteiger partial charge on any atom is 0.151 e. The van der Waals surface area contributed by atoms with Crippen LogP contribution in [0.15, 0.2) is 6.20 Å². The van der Waals surface area contributed by atoms with Gasteiger partial charge in [0.1, 0.15) is 0 Å². The van der Waals surface area contributed by atoms with Gasteiger partial charge in [-0.3, -0.25) is 9.48 Å². The Hall–Kier alpha value is -0.870. The van der Waals surface area contributed by atoms with E-state index in [1.165, 1.54) is 0 Å². The summed E-state index contributed by atoms with van der Waals surface area (Å²) in [6.45, 7) is 0.777. The highest BCUT2D eigenvalue weighted by Crippen LogP contribution is 2.17. The molecule has 1 aromatic heterocycles. The fourth-order valence-corrected chi connectivity index (χ4v) is 1.95. The number of aromatic nitrogens is 2. The van der Waals surface area contributed by atoms with Crippen LogP contribution in [-0.2, 0) is 18.3 Å².